The van der Waals surface area contributed by atoms with Gasteiger partial charge in [0.1, 0.15) is 11.4 Å². The molecule has 2 heterocycles. The van der Waals surface area contributed by atoms with Crippen LogP contribution in [0.15, 0.2) is 46.1 Å². The van der Waals surface area contributed by atoms with E-state index in [0.717, 1.165) is 28.0 Å². The van der Waals surface area contributed by atoms with Crippen molar-refractivity contribution in [2.24, 2.45) is 0 Å². The zero-order valence-electron chi connectivity index (χ0n) is 17.7. The molecule has 1 aromatic heterocycles. The molecular weight excluding hydrogens is 420 g/mol. The standard InChI is InChI=1S/C22H26N2O4S2/c1-13(2)24-18-9-7-15(11-20(18)29-21(24)25)30(26,27)23-17-12-22(4,5)28-19-10-14(3)6-8-16(17)19/h6-11,13,17,23H,12H2,1-5H3/t17-/m0/s1. The highest BCUT2D eigenvalue weighted by atomic mass is 32.2. The Morgan fingerprint density at radius 3 is 2.63 bits per heavy atom. The third kappa shape index (κ3) is 3.79. The van der Waals surface area contributed by atoms with Gasteiger partial charge in [-0.1, -0.05) is 23.5 Å². The fourth-order valence-corrected chi connectivity index (χ4v) is 6.36. The van der Waals surface area contributed by atoms with E-state index in [1.165, 1.54) is 0 Å². The Balaban J connectivity index is 1.72. The van der Waals surface area contributed by atoms with E-state index in [2.05, 4.69) is 4.72 Å². The zero-order chi connectivity index (χ0) is 21.8. The van der Waals surface area contributed by atoms with E-state index in [-0.39, 0.29) is 15.8 Å². The number of nitrogens with zero attached hydrogens (tertiary/aromatic N) is 1. The first kappa shape index (κ1) is 21.1. The second kappa shape index (κ2) is 7.21. The predicted molar refractivity (Wildman–Crippen MR) is 120 cm³/mol. The number of aryl methyl sites for hydroxylation is 1. The lowest BCUT2D eigenvalue weighted by atomic mass is 9.90. The summed E-state index contributed by atoms with van der Waals surface area (Å²) in [5.74, 6) is 0.710. The van der Waals surface area contributed by atoms with Gasteiger partial charge in [0, 0.05) is 18.0 Å². The number of rotatable bonds is 4. The van der Waals surface area contributed by atoms with Crippen molar-refractivity contribution in [1.82, 2.24) is 9.29 Å². The fourth-order valence-electron chi connectivity index (χ4n) is 3.99. The molecule has 1 atom stereocenters. The summed E-state index contributed by atoms with van der Waals surface area (Å²) in [5, 5.41) is 0. The average molecular weight is 447 g/mol. The number of thiazole rings is 1. The number of ether oxygens (including phenoxy) is 1. The van der Waals surface area contributed by atoms with Gasteiger partial charge in [-0.15, -0.1) is 0 Å². The molecule has 8 heteroatoms. The van der Waals surface area contributed by atoms with Crippen molar-refractivity contribution in [1.29, 1.82) is 0 Å². The monoisotopic (exact) mass is 446 g/mol. The number of aromatic nitrogens is 1. The maximum atomic E-state index is 13.2. The zero-order valence-corrected chi connectivity index (χ0v) is 19.4. The molecule has 1 N–H and O–H groups in total. The van der Waals surface area contributed by atoms with E-state index in [4.69, 9.17) is 4.74 Å². The topological polar surface area (TPSA) is 77.4 Å². The number of nitrogens with one attached hydrogen (secondary N) is 1. The molecule has 0 radical (unpaired) electrons. The van der Waals surface area contributed by atoms with Crippen LogP contribution < -0.4 is 14.3 Å². The third-order valence-electron chi connectivity index (χ3n) is 5.34. The van der Waals surface area contributed by atoms with Gasteiger partial charge in [0.2, 0.25) is 10.0 Å². The second-order valence-corrected chi connectivity index (χ2v) is 11.4. The van der Waals surface area contributed by atoms with Gasteiger partial charge in [-0.2, -0.15) is 0 Å². The van der Waals surface area contributed by atoms with Crippen LogP contribution in [-0.4, -0.2) is 18.6 Å². The van der Waals surface area contributed by atoms with E-state index in [9.17, 15) is 13.2 Å². The molecule has 30 heavy (non-hydrogen) atoms. The highest BCUT2D eigenvalue weighted by molar-refractivity contribution is 7.89. The summed E-state index contributed by atoms with van der Waals surface area (Å²) in [6, 6.07) is 10.3. The Labute approximate surface area is 180 Å². The molecule has 2 aromatic carbocycles. The lowest BCUT2D eigenvalue weighted by molar-refractivity contribution is 0.0701. The quantitative estimate of drug-likeness (QED) is 0.639. The van der Waals surface area contributed by atoms with Crippen LogP contribution in [0, 0.1) is 6.92 Å². The van der Waals surface area contributed by atoms with E-state index >= 15 is 0 Å². The minimum absolute atomic E-state index is 0.0104. The van der Waals surface area contributed by atoms with E-state index in [1.807, 2.05) is 52.8 Å². The molecule has 0 bridgehead atoms. The summed E-state index contributed by atoms with van der Waals surface area (Å²) in [6.07, 6.45) is 0.515. The fraction of sp³-hybridized carbons (Fsp3) is 0.409. The molecule has 0 aliphatic carbocycles. The van der Waals surface area contributed by atoms with Crippen LogP contribution in [0.2, 0.25) is 0 Å². The van der Waals surface area contributed by atoms with Crippen molar-refractivity contribution < 1.29 is 13.2 Å². The van der Waals surface area contributed by atoms with Gasteiger partial charge in [-0.25, -0.2) is 13.1 Å². The number of hydrogen-bond donors (Lipinski definition) is 1. The normalized spacial score (nSPS) is 18.4. The number of hydrogen-bond acceptors (Lipinski definition) is 5. The molecule has 0 spiro atoms. The summed E-state index contributed by atoms with van der Waals surface area (Å²) in [7, 11) is -3.79. The maximum Gasteiger partial charge on any atom is 0.308 e. The van der Waals surface area contributed by atoms with Crippen molar-refractivity contribution in [3.8, 4) is 5.75 Å². The molecule has 0 saturated carbocycles. The average Bonchev–Trinajstić information content (AvgIpc) is 2.94. The molecule has 0 fully saturated rings. The summed E-state index contributed by atoms with van der Waals surface area (Å²) in [6.45, 7) is 9.77. The summed E-state index contributed by atoms with van der Waals surface area (Å²) < 4.78 is 37.7. The molecule has 1 aliphatic rings. The summed E-state index contributed by atoms with van der Waals surface area (Å²) >= 11 is 1.07. The highest BCUT2D eigenvalue weighted by Gasteiger charge is 2.36. The van der Waals surface area contributed by atoms with Crippen molar-refractivity contribution in [2.45, 2.75) is 63.6 Å². The van der Waals surface area contributed by atoms with Gasteiger partial charge in [0.15, 0.2) is 0 Å². The van der Waals surface area contributed by atoms with Crippen molar-refractivity contribution >= 4 is 31.6 Å². The Morgan fingerprint density at radius 1 is 1.20 bits per heavy atom. The van der Waals surface area contributed by atoms with Crippen LogP contribution >= 0.6 is 11.3 Å². The number of sulfonamides is 1. The molecule has 160 valence electrons. The predicted octanol–water partition coefficient (Wildman–Crippen LogP) is 4.53. The lowest BCUT2D eigenvalue weighted by Gasteiger charge is -2.38. The van der Waals surface area contributed by atoms with Crippen LogP contribution in [0.1, 0.15) is 57.3 Å². The van der Waals surface area contributed by atoms with E-state index < -0.39 is 21.7 Å². The molecule has 0 unspecified atom stereocenters. The third-order valence-corrected chi connectivity index (χ3v) is 7.72. The first-order valence-corrected chi connectivity index (χ1v) is 12.2. The van der Waals surface area contributed by atoms with Gasteiger partial charge in [-0.3, -0.25) is 9.36 Å². The largest absolute Gasteiger partial charge is 0.487 e. The van der Waals surface area contributed by atoms with E-state index in [1.54, 1.807) is 22.8 Å². The van der Waals surface area contributed by atoms with Gasteiger partial charge in [0.05, 0.1) is 21.2 Å². The Bertz CT molecular complexity index is 1290. The van der Waals surface area contributed by atoms with Gasteiger partial charge in [-0.05, 0) is 64.4 Å². The highest BCUT2D eigenvalue weighted by Crippen LogP contribution is 2.40. The first-order chi connectivity index (χ1) is 14.0. The van der Waals surface area contributed by atoms with E-state index in [0.29, 0.717) is 16.9 Å². The number of fused-ring (bicyclic) bond motifs is 2. The Morgan fingerprint density at radius 2 is 1.93 bits per heavy atom. The second-order valence-electron chi connectivity index (χ2n) is 8.74. The van der Waals surface area contributed by atoms with Crippen LogP contribution in [0.3, 0.4) is 0 Å². The first-order valence-electron chi connectivity index (χ1n) is 9.94. The molecule has 0 saturated heterocycles. The number of benzene rings is 2. The maximum absolute atomic E-state index is 13.2. The summed E-state index contributed by atoms with van der Waals surface area (Å²) in [4.78, 5) is 12.4. The molecule has 4 rings (SSSR count). The van der Waals surface area contributed by atoms with Gasteiger partial charge >= 0.3 is 4.87 Å². The van der Waals surface area contributed by atoms with Gasteiger partial charge in [0.25, 0.3) is 0 Å². The minimum atomic E-state index is -3.79. The molecule has 6 nitrogen and oxygen atoms in total. The van der Waals surface area contributed by atoms with Crippen molar-refractivity contribution in [3.63, 3.8) is 0 Å². The smallest absolute Gasteiger partial charge is 0.308 e. The summed E-state index contributed by atoms with van der Waals surface area (Å²) in [5.41, 5.74) is 2.15. The molecule has 3 aromatic rings. The minimum Gasteiger partial charge on any atom is -0.487 e. The Kier molecular flexibility index (Phi) is 5.07. The lowest BCUT2D eigenvalue weighted by Crippen LogP contribution is -2.41. The van der Waals surface area contributed by atoms with Crippen LogP contribution in [0.25, 0.3) is 10.2 Å². The molecule has 1 aliphatic heterocycles. The molecular formula is C22H26N2O4S2. The van der Waals surface area contributed by atoms with Gasteiger partial charge < -0.3 is 4.74 Å². The van der Waals surface area contributed by atoms with Crippen LogP contribution in [-0.2, 0) is 10.0 Å². The van der Waals surface area contributed by atoms with Crippen molar-refractivity contribution in [3.05, 3.63) is 57.2 Å². The molecule has 0 amide bonds. The Hall–Kier alpha value is -2.16. The van der Waals surface area contributed by atoms with Crippen LogP contribution in [0.5, 0.6) is 5.75 Å². The SMILES string of the molecule is Cc1ccc2c(c1)OC(C)(C)C[C@@H]2NS(=O)(=O)c1ccc2c(c1)sc(=O)n2C(C)C. The van der Waals surface area contributed by atoms with Crippen molar-refractivity contribution in [2.75, 3.05) is 0 Å². The van der Waals surface area contributed by atoms with Crippen LogP contribution in [0.4, 0.5) is 0 Å².